The van der Waals surface area contributed by atoms with Crippen LogP contribution in [-0.2, 0) is 6.42 Å². The minimum absolute atomic E-state index is 0.00619. The van der Waals surface area contributed by atoms with Crippen LogP contribution in [0.3, 0.4) is 0 Å². The summed E-state index contributed by atoms with van der Waals surface area (Å²) in [7, 11) is 1.60. The number of rotatable bonds is 9. The van der Waals surface area contributed by atoms with Gasteiger partial charge >= 0.3 is 0 Å². The van der Waals surface area contributed by atoms with Crippen LogP contribution in [0.25, 0.3) is 0 Å². The first kappa shape index (κ1) is 20.8. The third-order valence-corrected chi connectivity index (χ3v) is 5.47. The molecule has 1 atom stereocenters. The summed E-state index contributed by atoms with van der Waals surface area (Å²) in [5.74, 6) is 1.44. The second kappa shape index (κ2) is 10.0. The lowest BCUT2D eigenvalue weighted by atomic mass is 10.1. The molecule has 7 heteroatoms. The van der Waals surface area contributed by atoms with Gasteiger partial charge in [0.1, 0.15) is 11.6 Å². The Kier molecular flexibility index (Phi) is 7.19. The van der Waals surface area contributed by atoms with E-state index < -0.39 is 0 Å². The van der Waals surface area contributed by atoms with E-state index in [1.165, 1.54) is 22.7 Å². The van der Waals surface area contributed by atoms with E-state index in [-0.39, 0.29) is 11.9 Å². The highest BCUT2D eigenvalue weighted by molar-refractivity contribution is 7.09. The molecule has 0 bridgehead atoms. The lowest BCUT2D eigenvalue weighted by Gasteiger charge is -2.17. The Morgan fingerprint density at radius 1 is 1.17 bits per heavy atom. The number of amides is 1. The molecule has 3 rings (SSSR count). The van der Waals surface area contributed by atoms with Crippen LogP contribution in [0.2, 0.25) is 0 Å². The molecule has 0 aliphatic heterocycles. The van der Waals surface area contributed by atoms with Crippen LogP contribution < -0.4 is 15.4 Å². The number of anilines is 1. The van der Waals surface area contributed by atoms with Crippen molar-refractivity contribution < 1.29 is 9.53 Å². The lowest BCUT2D eigenvalue weighted by molar-refractivity contribution is 0.0938. The molecule has 1 aromatic heterocycles. The van der Waals surface area contributed by atoms with Crippen molar-refractivity contribution in [3.05, 3.63) is 71.0 Å². The molecule has 0 saturated heterocycles. The number of benzene rings is 2. The zero-order chi connectivity index (χ0) is 20.6. The van der Waals surface area contributed by atoms with Gasteiger partial charge in [-0.3, -0.25) is 4.79 Å². The van der Waals surface area contributed by atoms with Gasteiger partial charge in [-0.2, -0.15) is 4.37 Å². The summed E-state index contributed by atoms with van der Waals surface area (Å²) in [4.78, 5) is 17.0. The first-order valence-electron chi connectivity index (χ1n) is 9.65. The zero-order valence-corrected chi connectivity index (χ0v) is 17.8. The first-order valence-corrected chi connectivity index (χ1v) is 10.4. The second-order valence-electron chi connectivity index (χ2n) is 6.81. The van der Waals surface area contributed by atoms with E-state index >= 15 is 0 Å². The monoisotopic (exact) mass is 410 g/mol. The van der Waals surface area contributed by atoms with Gasteiger partial charge < -0.3 is 15.4 Å². The maximum absolute atomic E-state index is 12.5. The Hall–Kier alpha value is -2.93. The number of aryl methyl sites for hydroxylation is 1. The van der Waals surface area contributed by atoms with Gasteiger partial charge in [0, 0.05) is 36.1 Å². The Labute approximate surface area is 175 Å². The number of hydrogen-bond acceptors (Lipinski definition) is 6. The number of aromatic nitrogens is 2. The minimum atomic E-state index is -0.0983. The summed E-state index contributed by atoms with van der Waals surface area (Å²) in [6.07, 6.45) is 1.53. The van der Waals surface area contributed by atoms with Crippen molar-refractivity contribution in [1.82, 2.24) is 14.7 Å². The van der Waals surface area contributed by atoms with Crippen molar-refractivity contribution in [2.75, 3.05) is 19.0 Å². The van der Waals surface area contributed by atoms with Gasteiger partial charge in [0.25, 0.3) is 5.91 Å². The van der Waals surface area contributed by atoms with Gasteiger partial charge in [0.15, 0.2) is 0 Å². The van der Waals surface area contributed by atoms with Gasteiger partial charge in [-0.1, -0.05) is 31.2 Å². The molecule has 29 heavy (non-hydrogen) atoms. The largest absolute Gasteiger partial charge is 0.497 e. The number of carbonyl (C=O) groups is 1. The maximum Gasteiger partial charge on any atom is 0.251 e. The highest BCUT2D eigenvalue weighted by Crippen LogP contribution is 2.17. The standard InChI is InChI=1S/C22H26N4O2S/c1-4-18(24-21(27)16-9-11-19(28-3)12-10-16)14-23-22-25-20(26-29-22)13-17-8-6-5-7-15(17)2/h5-12,18H,4,13-14H2,1-3H3,(H,24,27)(H,23,25,26). The SMILES string of the molecule is CCC(CNc1nc(Cc2ccccc2C)ns1)NC(=O)c1ccc(OC)cc1. The van der Waals surface area contributed by atoms with Gasteiger partial charge in [0.2, 0.25) is 5.13 Å². The number of ether oxygens (including phenoxy) is 1. The van der Waals surface area contributed by atoms with Crippen LogP contribution in [0.15, 0.2) is 48.5 Å². The van der Waals surface area contributed by atoms with Crippen molar-refractivity contribution in [3.8, 4) is 5.75 Å². The lowest BCUT2D eigenvalue weighted by Crippen LogP contribution is -2.39. The molecule has 1 amide bonds. The van der Waals surface area contributed by atoms with Crippen LogP contribution in [0.1, 0.15) is 40.7 Å². The average molecular weight is 411 g/mol. The van der Waals surface area contributed by atoms with Crippen molar-refractivity contribution in [2.24, 2.45) is 0 Å². The van der Waals surface area contributed by atoms with Crippen LogP contribution >= 0.6 is 11.5 Å². The van der Waals surface area contributed by atoms with E-state index in [0.29, 0.717) is 12.1 Å². The molecule has 152 valence electrons. The predicted octanol–water partition coefficient (Wildman–Crippen LogP) is 4.07. The van der Waals surface area contributed by atoms with E-state index in [0.717, 1.165) is 29.5 Å². The van der Waals surface area contributed by atoms with Gasteiger partial charge in [-0.15, -0.1) is 0 Å². The molecule has 1 heterocycles. The molecule has 2 aromatic carbocycles. The van der Waals surface area contributed by atoms with E-state index in [4.69, 9.17) is 4.74 Å². The molecule has 2 N–H and O–H groups in total. The molecule has 0 aliphatic rings. The van der Waals surface area contributed by atoms with E-state index in [1.54, 1.807) is 31.4 Å². The van der Waals surface area contributed by atoms with Gasteiger partial charge in [-0.05, 0) is 48.7 Å². The number of methoxy groups -OCH3 is 1. The second-order valence-corrected chi connectivity index (χ2v) is 7.56. The van der Waals surface area contributed by atoms with E-state index in [2.05, 4.69) is 39.0 Å². The van der Waals surface area contributed by atoms with Crippen molar-refractivity contribution in [1.29, 1.82) is 0 Å². The zero-order valence-electron chi connectivity index (χ0n) is 16.9. The Morgan fingerprint density at radius 3 is 2.62 bits per heavy atom. The summed E-state index contributed by atoms with van der Waals surface area (Å²) in [6, 6.07) is 15.3. The number of nitrogens with one attached hydrogen (secondary N) is 2. The third-order valence-electron chi connectivity index (χ3n) is 4.76. The third kappa shape index (κ3) is 5.77. The minimum Gasteiger partial charge on any atom is -0.497 e. The molecule has 0 fully saturated rings. The molecular formula is C22H26N4O2S. The van der Waals surface area contributed by atoms with Crippen molar-refractivity contribution >= 4 is 22.6 Å². The molecule has 6 nitrogen and oxygen atoms in total. The normalized spacial score (nSPS) is 11.7. The maximum atomic E-state index is 12.5. The highest BCUT2D eigenvalue weighted by atomic mass is 32.1. The molecule has 3 aromatic rings. The number of hydrogen-bond donors (Lipinski definition) is 2. The Bertz CT molecular complexity index is 940. The first-order chi connectivity index (χ1) is 14.1. The van der Waals surface area contributed by atoms with Crippen LogP contribution in [0, 0.1) is 6.92 Å². The molecule has 1 unspecified atom stereocenters. The summed E-state index contributed by atoms with van der Waals surface area (Å²) < 4.78 is 9.58. The van der Waals surface area contributed by atoms with Crippen LogP contribution in [0.5, 0.6) is 5.75 Å². The fourth-order valence-electron chi connectivity index (χ4n) is 2.90. The Morgan fingerprint density at radius 2 is 1.93 bits per heavy atom. The van der Waals surface area contributed by atoms with Gasteiger partial charge in [0.05, 0.1) is 7.11 Å². The Balaban J connectivity index is 1.53. The molecular weight excluding hydrogens is 384 g/mol. The van der Waals surface area contributed by atoms with Crippen LogP contribution in [0.4, 0.5) is 5.13 Å². The predicted molar refractivity (Wildman–Crippen MR) is 117 cm³/mol. The fraction of sp³-hybridized carbons (Fsp3) is 0.318. The number of nitrogens with zero attached hydrogens (tertiary/aromatic N) is 2. The highest BCUT2D eigenvalue weighted by Gasteiger charge is 2.14. The quantitative estimate of drug-likeness (QED) is 0.556. The smallest absolute Gasteiger partial charge is 0.251 e. The van der Waals surface area contributed by atoms with E-state index in [9.17, 15) is 4.79 Å². The van der Waals surface area contributed by atoms with Crippen molar-refractivity contribution in [2.45, 2.75) is 32.7 Å². The summed E-state index contributed by atoms with van der Waals surface area (Å²) >= 11 is 1.35. The molecule has 0 saturated carbocycles. The molecule has 0 radical (unpaired) electrons. The summed E-state index contributed by atoms with van der Waals surface area (Å²) in [5.41, 5.74) is 3.08. The summed E-state index contributed by atoms with van der Waals surface area (Å²) in [6.45, 7) is 4.74. The molecule has 0 spiro atoms. The fourth-order valence-corrected chi connectivity index (χ4v) is 3.49. The van der Waals surface area contributed by atoms with Crippen molar-refractivity contribution in [3.63, 3.8) is 0 Å². The van der Waals surface area contributed by atoms with Crippen LogP contribution in [-0.4, -0.2) is 35.0 Å². The topological polar surface area (TPSA) is 76.1 Å². The van der Waals surface area contributed by atoms with Gasteiger partial charge in [-0.25, -0.2) is 4.98 Å². The summed E-state index contributed by atoms with van der Waals surface area (Å²) in [5, 5.41) is 7.13. The molecule has 0 aliphatic carbocycles. The number of carbonyl (C=O) groups excluding carboxylic acids is 1. The average Bonchev–Trinajstić information content (AvgIpc) is 3.20. The van der Waals surface area contributed by atoms with E-state index in [1.807, 2.05) is 19.1 Å².